The van der Waals surface area contributed by atoms with E-state index in [4.69, 9.17) is 19.7 Å². The van der Waals surface area contributed by atoms with Crippen molar-refractivity contribution in [2.75, 3.05) is 27.3 Å². The van der Waals surface area contributed by atoms with Gasteiger partial charge in [-0.25, -0.2) is 19.6 Å². The number of hydrogen-bond donors (Lipinski definition) is 5. The molecule has 1 aliphatic rings. The van der Waals surface area contributed by atoms with Crippen LogP contribution in [0.15, 0.2) is 66.9 Å². The number of likely N-dealkylation sites (tertiary alicyclic amines) is 1. The van der Waals surface area contributed by atoms with E-state index in [-0.39, 0.29) is 29.7 Å². The first-order valence-electron chi connectivity index (χ1n) is 20.6. The number of hydrogen-bond acceptors (Lipinski definition) is 9. The average molecular weight is 816 g/mol. The molecule has 3 atom stereocenters. The number of imidazole rings is 2. The Morgan fingerprint density at radius 1 is 0.750 bits per heavy atom. The number of ether oxygens (including phenoxy) is 2. The molecule has 60 heavy (non-hydrogen) atoms. The van der Waals surface area contributed by atoms with Gasteiger partial charge in [-0.15, -0.1) is 0 Å². The van der Waals surface area contributed by atoms with Crippen molar-refractivity contribution >= 4 is 57.0 Å². The second-order valence-corrected chi connectivity index (χ2v) is 16.1. The molecule has 3 aromatic carbocycles. The molecule has 0 aliphatic carbocycles. The number of aryl methyl sites for hydroxylation is 1. The molecule has 0 bridgehead atoms. The van der Waals surface area contributed by atoms with Crippen molar-refractivity contribution in [1.29, 1.82) is 0 Å². The van der Waals surface area contributed by atoms with Gasteiger partial charge in [0.2, 0.25) is 11.8 Å². The molecule has 1 aliphatic heterocycles. The molecule has 3 unspecified atom stereocenters. The number of rotatable bonds is 14. The van der Waals surface area contributed by atoms with Gasteiger partial charge in [0.05, 0.1) is 47.8 Å². The number of aromatic nitrogens is 5. The van der Waals surface area contributed by atoms with Gasteiger partial charge in [0, 0.05) is 36.7 Å². The molecule has 5 N–H and O–H groups in total. The van der Waals surface area contributed by atoms with Gasteiger partial charge in [-0.2, -0.15) is 0 Å². The zero-order valence-electron chi connectivity index (χ0n) is 34.9. The van der Waals surface area contributed by atoms with Crippen LogP contribution in [0.3, 0.4) is 0 Å². The minimum absolute atomic E-state index is 0.0740. The maximum absolute atomic E-state index is 13.6. The predicted molar refractivity (Wildman–Crippen MR) is 230 cm³/mol. The van der Waals surface area contributed by atoms with Gasteiger partial charge in [-0.05, 0) is 90.6 Å². The molecule has 314 valence electrons. The Morgan fingerprint density at radius 3 is 2.08 bits per heavy atom. The molecule has 0 spiro atoms. The highest BCUT2D eigenvalue weighted by atomic mass is 16.5. The van der Waals surface area contributed by atoms with Crippen LogP contribution in [0.5, 0.6) is 0 Å². The zero-order chi connectivity index (χ0) is 42.5. The largest absolute Gasteiger partial charge is 0.453 e. The molecule has 1 fully saturated rings. The lowest BCUT2D eigenvalue weighted by atomic mass is 10.0. The number of amides is 4. The van der Waals surface area contributed by atoms with Crippen molar-refractivity contribution in [1.82, 2.24) is 45.8 Å². The van der Waals surface area contributed by atoms with Crippen LogP contribution in [0.4, 0.5) is 9.59 Å². The van der Waals surface area contributed by atoms with Crippen LogP contribution in [-0.4, -0.2) is 93.2 Å². The van der Waals surface area contributed by atoms with Crippen LogP contribution < -0.4 is 16.0 Å². The van der Waals surface area contributed by atoms with E-state index in [9.17, 15) is 19.2 Å². The van der Waals surface area contributed by atoms with Crippen molar-refractivity contribution in [3.8, 4) is 22.3 Å². The van der Waals surface area contributed by atoms with Gasteiger partial charge < -0.3 is 40.3 Å². The number of alkyl carbamates (subject to hydrolysis) is 2. The summed E-state index contributed by atoms with van der Waals surface area (Å²) >= 11 is 0. The molecule has 6 aromatic rings. The van der Waals surface area contributed by atoms with E-state index in [2.05, 4.69) is 73.1 Å². The number of methoxy groups -OCH3 is 2. The summed E-state index contributed by atoms with van der Waals surface area (Å²) in [6, 6.07) is 19.2. The third-order valence-electron chi connectivity index (χ3n) is 11.2. The lowest BCUT2D eigenvalue weighted by Gasteiger charge is -2.29. The maximum Gasteiger partial charge on any atom is 0.407 e. The Hall–Kier alpha value is -6.51. The summed E-state index contributed by atoms with van der Waals surface area (Å²) in [5.74, 6) is 1.07. The monoisotopic (exact) mass is 815 g/mol. The van der Waals surface area contributed by atoms with Crippen LogP contribution in [0.1, 0.15) is 71.1 Å². The van der Waals surface area contributed by atoms with Crippen molar-refractivity contribution < 1.29 is 28.7 Å². The summed E-state index contributed by atoms with van der Waals surface area (Å²) in [4.78, 5) is 73.2. The molecule has 15 nitrogen and oxygen atoms in total. The highest BCUT2D eigenvalue weighted by molar-refractivity contribution is 5.91. The second-order valence-electron chi connectivity index (χ2n) is 16.1. The summed E-state index contributed by atoms with van der Waals surface area (Å²) < 4.78 is 9.42. The zero-order valence-corrected chi connectivity index (χ0v) is 34.9. The number of nitrogens with one attached hydrogen (secondary N) is 5. The third-order valence-corrected chi connectivity index (χ3v) is 11.2. The summed E-state index contributed by atoms with van der Waals surface area (Å²) in [6.45, 7) is 8.64. The fourth-order valence-corrected chi connectivity index (χ4v) is 7.84. The number of benzene rings is 3. The molecular formula is C45H53N9O6. The Balaban J connectivity index is 0.991. The van der Waals surface area contributed by atoms with Crippen LogP contribution in [-0.2, 0) is 25.5 Å². The number of carbonyl (C=O) groups excluding carboxylic acids is 4. The summed E-state index contributed by atoms with van der Waals surface area (Å²) in [5.41, 5.74) is 8.48. The summed E-state index contributed by atoms with van der Waals surface area (Å²) in [5, 5.41) is 9.23. The predicted octanol–water partition coefficient (Wildman–Crippen LogP) is 7.19. The van der Waals surface area contributed by atoms with Crippen molar-refractivity contribution in [3.63, 3.8) is 0 Å². The van der Waals surface area contributed by atoms with Crippen LogP contribution >= 0.6 is 0 Å². The van der Waals surface area contributed by atoms with Crippen molar-refractivity contribution in [3.05, 3.63) is 78.5 Å². The highest BCUT2D eigenvalue weighted by Gasteiger charge is 2.37. The average Bonchev–Trinajstić information content (AvgIpc) is 4.01. The topological polar surface area (TPSA) is 196 Å². The Labute approximate surface area is 348 Å². The first-order valence-corrected chi connectivity index (χ1v) is 20.6. The van der Waals surface area contributed by atoms with Crippen LogP contribution in [0.2, 0.25) is 0 Å². The maximum atomic E-state index is 13.6. The van der Waals surface area contributed by atoms with E-state index in [0.29, 0.717) is 13.1 Å². The van der Waals surface area contributed by atoms with Gasteiger partial charge in [-0.3, -0.25) is 14.6 Å². The number of pyridine rings is 1. The molecular weight excluding hydrogens is 763 g/mol. The fraction of sp³-hybridized carbons (Fsp3) is 0.400. The Bertz CT molecular complexity index is 2530. The molecule has 7 rings (SSSR count). The van der Waals surface area contributed by atoms with Crippen LogP contribution in [0, 0.1) is 11.8 Å². The van der Waals surface area contributed by atoms with E-state index >= 15 is 0 Å². The molecule has 15 heteroatoms. The van der Waals surface area contributed by atoms with Crippen molar-refractivity contribution in [2.24, 2.45) is 11.8 Å². The highest BCUT2D eigenvalue weighted by Crippen LogP contribution is 2.34. The quantitative estimate of drug-likeness (QED) is 0.0708. The molecule has 4 heterocycles. The summed E-state index contributed by atoms with van der Waals surface area (Å²) in [7, 11) is 2.57. The number of carbonyl (C=O) groups is 4. The normalized spacial score (nSPS) is 15.1. The molecule has 4 amide bonds. The van der Waals surface area contributed by atoms with E-state index in [1.807, 2.05) is 57.0 Å². The van der Waals surface area contributed by atoms with E-state index in [1.165, 1.54) is 14.2 Å². The Kier molecular flexibility index (Phi) is 12.6. The smallest absolute Gasteiger partial charge is 0.407 e. The van der Waals surface area contributed by atoms with Gasteiger partial charge in [-0.1, -0.05) is 52.0 Å². The minimum atomic E-state index is -0.694. The first-order chi connectivity index (χ1) is 28.9. The molecule has 1 saturated heterocycles. The van der Waals surface area contributed by atoms with Crippen LogP contribution in [0.25, 0.3) is 55.2 Å². The van der Waals surface area contributed by atoms with E-state index < -0.39 is 24.3 Å². The minimum Gasteiger partial charge on any atom is -0.453 e. The molecule has 0 saturated carbocycles. The fourth-order valence-electron chi connectivity index (χ4n) is 7.84. The number of H-pyrrole nitrogens is 2. The Morgan fingerprint density at radius 2 is 1.38 bits per heavy atom. The van der Waals surface area contributed by atoms with E-state index in [1.54, 1.807) is 0 Å². The van der Waals surface area contributed by atoms with Gasteiger partial charge in [0.15, 0.2) is 0 Å². The standard InChI is InChI=1S/C45H53N9O6/c1-25(2)39(52-44(57)59-5)42(55)46-18-8-7-11-38-48-32-16-14-28(22-35(32)49-38)27-12-13-30-20-31(24-47-34(30)21-27)29-15-17-33-36(23-29)51-41(50-33)37-10-9-19-54(37)43(56)40(26(3)4)53-45(58)60-6/h12-17,20-26,37,39-40H,7-11,18-19H2,1-6H3,(H,46,55)(H,48,49)(H,50,51)(H,52,57)(H,53,58). The number of fused-ring (bicyclic) bond motifs is 3. The first kappa shape index (κ1) is 41.6. The second kappa shape index (κ2) is 18.2. The molecule has 3 aromatic heterocycles. The van der Waals surface area contributed by atoms with Crippen molar-refractivity contribution in [2.45, 2.75) is 77.9 Å². The van der Waals surface area contributed by atoms with Gasteiger partial charge in [0.25, 0.3) is 0 Å². The third kappa shape index (κ3) is 9.19. The summed E-state index contributed by atoms with van der Waals surface area (Å²) in [6.07, 6.45) is 4.59. The number of nitrogens with zero attached hydrogens (tertiary/aromatic N) is 4. The molecule has 0 radical (unpaired) electrons. The lowest BCUT2D eigenvalue weighted by Crippen LogP contribution is -2.51. The number of aromatic amines is 2. The van der Waals surface area contributed by atoms with Gasteiger partial charge in [0.1, 0.15) is 23.7 Å². The number of unbranched alkanes of at least 4 members (excludes halogenated alkanes) is 1. The SMILES string of the molecule is COC(=O)NC(C(=O)NCCCCc1nc2ccc(-c3ccc4cc(-c5ccc6nc(C7CCCN7C(=O)C(NC(=O)OC)C(C)C)[nH]c6c5)cnc4c3)cc2[nH]1)C(C)C. The van der Waals surface area contributed by atoms with E-state index in [0.717, 1.165) is 99.0 Å². The lowest BCUT2D eigenvalue weighted by molar-refractivity contribution is -0.135. The van der Waals surface area contributed by atoms with Gasteiger partial charge >= 0.3 is 12.2 Å².